The minimum absolute atomic E-state index is 0.0432. The van der Waals surface area contributed by atoms with Crippen LogP contribution >= 0.6 is 0 Å². The van der Waals surface area contributed by atoms with Gasteiger partial charge in [0.15, 0.2) is 0 Å². The lowest BCUT2D eigenvalue weighted by Crippen LogP contribution is -2.58. The number of nitrogens with one attached hydrogen (secondary N) is 2. The van der Waals surface area contributed by atoms with E-state index in [1.54, 1.807) is 4.90 Å². The normalized spacial score (nSPS) is 19.3. The van der Waals surface area contributed by atoms with E-state index in [2.05, 4.69) is 27.3 Å². The van der Waals surface area contributed by atoms with Crippen molar-refractivity contribution in [2.75, 3.05) is 6.54 Å². The Balaban J connectivity index is 1.31. The Bertz CT molecular complexity index is 1350. The number of rotatable bonds is 8. The SMILES string of the molecule is CC(C)C[C@@H](C(=O)NCC(=O)OCc1ccccc1)N1C(=O)[C@@H]2Cc3c([nH]c4ccccc34)CN2C1(C)C. The second kappa shape index (κ2) is 10.3. The molecule has 0 aliphatic carbocycles. The predicted molar refractivity (Wildman–Crippen MR) is 145 cm³/mol. The molecular weight excluding hydrogens is 480 g/mol. The van der Waals surface area contributed by atoms with Crippen molar-refractivity contribution < 1.29 is 19.1 Å². The largest absolute Gasteiger partial charge is 0.460 e. The Morgan fingerprint density at radius 1 is 1.11 bits per heavy atom. The van der Waals surface area contributed by atoms with Crippen LogP contribution in [0, 0.1) is 5.92 Å². The fourth-order valence-corrected chi connectivity index (χ4v) is 5.95. The Kier molecular flexibility index (Phi) is 7.01. The number of esters is 1. The molecule has 5 rings (SSSR count). The molecule has 2 atom stereocenters. The summed E-state index contributed by atoms with van der Waals surface area (Å²) in [6.45, 7) is 8.59. The highest BCUT2D eigenvalue weighted by atomic mass is 16.5. The van der Waals surface area contributed by atoms with Crippen molar-refractivity contribution in [3.63, 3.8) is 0 Å². The third-order valence-corrected chi connectivity index (χ3v) is 7.78. The van der Waals surface area contributed by atoms with Gasteiger partial charge in [-0.3, -0.25) is 19.3 Å². The highest BCUT2D eigenvalue weighted by Crippen LogP contribution is 2.42. The van der Waals surface area contributed by atoms with Crippen LogP contribution in [-0.2, 0) is 38.7 Å². The lowest BCUT2D eigenvalue weighted by atomic mass is 9.96. The molecule has 2 N–H and O–H groups in total. The summed E-state index contributed by atoms with van der Waals surface area (Å²) < 4.78 is 5.32. The molecule has 1 aromatic heterocycles. The topological polar surface area (TPSA) is 94.7 Å². The first-order valence-electron chi connectivity index (χ1n) is 13.3. The van der Waals surface area contributed by atoms with Crippen molar-refractivity contribution in [1.82, 2.24) is 20.1 Å². The molecular formula is C30H36N4O4. The molecule has 200 valence electrons. The third-order valence-electron chi connectivity index (χ3n) is 7.78. The first-order chi connectivity index (χ1) is 18.2. The van der Waals surface area contributed by atoms with Crippen LogP contribution in [0.4, 0.5) is 0 Å². The molecule has 0 bridgehead atoms. The summed E-state index contributed by atoms with van der Waals surface area (Å²) in [6.07, 6.45) is 1.09. The maximum atomic E-state index is 14.0. The Morgan fingerprint density at radius 3 is 2.55 bits per heavy atom. The van der Waals surface area contributed by atoms with Crippen LogP contribution in [0.25, 0.3) is 10.9 Å². The van der Waals surface area contributed by atoms with Crippen molar-refractivity contribution in [1.29, 1.82) is 0 Å². The predicted octanol–water partition coefficient (Wildman–Crippen LogP) is 3.75. The first-order valence-corrected chi connectivity index (χ1v) is 13.3. The van der Waals surface area contributed by atoms with E-state index >= 15 is 0 Å². The van der Waals surface area contributed by atoms with E-state index in [4.69, 9.17) is 4.74 Å². The molecule has 0 spiro atoms. The van der Waals surface area contributed by atoms with Crippen LogP contribution in [0.5, 0.6) is 0 Å². The van der Waals surface area contributed by atoms with Crippen LogP contribution in [-0.4, -0.2) is 56.9 Å². The highest BCUT2D eigenvalue weighted by molar-refractivity contribution is 5.94. The second-order valence-electron chi connectivity index (χ2n) is 11.2. The second-order valence-corrected chi connectivity index (χ2v) is 11.2. The van der Waals surface area contributed by atoms with Gasteiger partial charge in [0, 0.05) is 23.1 Å². The number of amides is 2. The number of aromatic amines is 1. The van der Waals surface area contributed by atoms with Gasteiger partial charge in [0.25, 0.3) is 0 Å². The van der Waals surface area contributed by atoms with Crippen molar-refractivity contribution in [2.24, 2.45) is 5.92 Å². The van der Waals surface area contributed by atoms with Gasteiger partial charge in [-0.2, -0.15) is 0 Å². The fraction of sp³-hybridized carbons (Fsp3) is 0.433. The summed E-state index contributed by atoms with van der Waals surface area (Å²) in [5, 5.41) is 3.89. The minimum atomic E-state index is -0.694. The van der Waals surface area contributed by atoms with Crippen LogP contribution in [0.1, 0.15) is 50.9 Å². The van der Waals surface area contributed by atoms with Crippen LogP contribution in [0.3, 0.4) is 0 Å². The third kappa shape index (κ3) is 4.80. The van der Waals surface area contributed by atoms with E-state index < -0.39 is 17.7 Å². The Labute approximate surface area is 223 Å². The van der Waals surface area contributed by atoms with E-state index in [1.165, 1.54) is 5.56 Å². The van der Waals surface area contributed by atoms with Gasteiger partial charge < -0.3 is 19.9 Å². The minimum Gasteiger partial charge on any atom is -0.460 e. The van der Waals surface area contributed by atoms with Crippen molar-refractivity contribution in [3.05, 3.63) is 71.4 Å². The Hall–Kier alpha value is -3.65. The van der Waals surface area contributed by atoms with Crippen LogP contribution in [0.15, 0.2) is 54.6 Å². The van der Waals surface area contributed by atoms with Gasteiger partial charge in [-0.05, 0) is 49.8 Å². The monoisotopic (exact) mass is 516 g/mol. The number of para-hydroxylation sites is 1. The lowest BCUT2D eigenvalue weighted by Gasteiger charge is -2.43. The van der Waals surface area contributed by atoms with Gasteiger partial charge in [-0.15, -0.1) is 0 Å². The van der Waals surface area contributed by atoms with E-state index in [-0.39, 0.29) is 36.9 Å². The van der Waals surface area contributed by atoms with Crippen molar-refractivity contribution >= 4 is 28.7 Å². The molecule has 2 aromatic carbocycles. The molecule has 8 heteroatoms. The van der Waals surface area contributed by atoms with E-state index in [1.807, 2.05) is 70.2 Å². The number of carbonyl (C=O) groups is 3. The number of hydrogen-bond donors (Lipinski definition) is 2. The van der Waals surface area contributed by atoms with Crippen LogP contribution < -0.4 is 5.32 Å². The zero-order valence-electron chi connectivity index (χ0n) is 22.5. The Morgan fingerprint density at radius 2 is 1.82 bits per heavy atom. The van der Waals surface area contributed by atoms with E-state index in [9.17, 15) is 14.4 Å². The number of carbonyl (C=O) groups excluding carboxylic acids is 3. The molecule has 0 unspecified atom stereocenters. The van der Waals surface area contributed by atoms with Crippen molar-refractivity contribution in [3.8, 4) is 0 Å². The first kappa shape index (κ1) is 26.0. The number of benzene rings is 2. The molecule has 1 saturated heterocycles. The molecule has 3 aromatic rings. The standard InChI is InChI=1S/C30H36N4O4/c1-19(2)14-25(28(36)31-16-27(35)38-18-20-10-6-5-7-11-20)34-29(37)26-15-22-21-12-8-9-13-23(21)32-24(22)17-33(26)30(34,3)4/h5-13,19,25-26,32H,14-18H2,1-4H3,(H,31,36)/t25-,26-/m0/s1. The molecule has 1 fully saturated rings. The number of nitrogens with zero attached hydrogens (tertiary/aromatic N) is 2. The van der Waals surface area contributed by atoms with Gasteiger partial charge in [0.1, 0.15) is 19.2 Å². The summed E-state index contributed by atoms with van der Waals surface area (Å²) in [4.78, 5) is 47.3. The molecule has 0 saturated carbocycles. The zero-order valence-corrected chi connectivity index (χ0v) is 22.5. The number of H-pyrrole nitrogens is 1. The maximum Gasteiger partial charge on any atom is 0.325 e. The molecule has 3 heterocycles. The quantitative estimate of drug-likeness (QED) is 0.445. The summed E-state index contributed by atoms with van der Waals surface area (Å²) in [7, 11) is 0. The molecule has 38 heavy (non-hydrogen) atoms. The fourth-order valence-electron chi connectivity index (χ4n) is 5.95. The van der Waals surface area contributed by atoms with Gasteiger partial charge in [-0.25, -0.2) is 0 Å². The zero-order chi connectivity index (χ0) is 27.0. The lowest BCUT2D eigenvalue weighted by molar-refractivity contribution is -0.147. The summed E-state index contributed by atoms with van der Waals surface area (Å²) >= 11 is 0. The molecule has 2 amide bonds. The van der Waals surface area contributed by atoms with Gasteiger partial charge in [0.05, 0.1) is 11.7 Å². The summed E-state index contributed by atoms with van der Waals surface area (Å²) in [6, 6.07) is 16.5. The molecule has 2 aliphatic heterocycles. The van der Waals surface area contributed by atoms with Crippen LogP contribution in [0.2, 0.25) is 0 Å². The molecule has 8 nitrogen and oxygen atoms in total. The van der Waals surface area contributed by atoms with Crippen molar-refractivity contribution in [2.45, 2.75) is 71.4 Å². The number of aromatic nitrogens is 1. The molecule has 0 radical (unpaired) electrons. The summed E-state index contributed by atoms with van der Waals surface area (Å²) in [5.41, 5.74) is 3.58. The average Bonchev–Trinajstić information content (AvgIpc) is 3.35. The van der Waals surface area contributed by atoms with E-state index in [0.29, 0.717) is 19.4 Å². The average molecular weight is 517 g/mol. The highest BCUT2D eigenvalue weighted by Gasteiger charge is 2.56. The van der Waals surface area contributed by atoms with Gasteiger partial charge in [0.2, 0.25) is 11.8 Å². The van der Waals surface area contributed by atoms with E-state index in [0.717, 1.165) is 22.2 Å². The smallest absolute Gasteiger partial charge is 0.325 e. The summed E-state index contributed by atoms with van der Waals surface area (Å²) in [5.74, 6) is -0.715. The van der Waals surface area contributed by atoms with Gasteiger partial charge >= 0.3 is 5.97 Å². The number of fused-ring (bicyclic) bond motifs is 4. The van der Waals surface area contributed by atoms with Gasteiger partial charge in [-0.1, -0.05) is 62.4 Å². The number of hydrogen-bond acceptors (Lipinski definition) is 5. The molecule has 2 aliphatic rings. The maximum absolute atomic E-state index is 14.0. The number of ether oxygens (including phenoxy) is 1.